The summed E-state index contributed by atoms with van der Waals surface area (Å²) in [6.45, 7) is 0. The van der Waals surface area contributed by atoms with Crippen LogP contribution >= 0.6 is 0 Å². The van der Waals surface area contributed by atoms with Crippen LogP contribution in [0.15, 0.2) is 12.1 Å². The molecule has 0 spiro atoms. The average Bonchev–Trinajstić information content (AvgIpc) is 2.47. The third-order valence-corrected chi connectivity index (χ3v) is 4.89. The third kappa shape index (κ3) is 3.79. The van der Waals surface area contributed by atoms with Gasteiger partial charge >= 0.3 is 17.1 Å². The first-order chi connectivity index (χ1) is 10.8. The summed E-state index contributed by atoms with van der Waals surface area (Å²) >= 11 is 0. The van der Waals surface area contributed by atoms with Crippen LogP contribution in [0.4, 0.5) is 30.7 Å². The molecule has 0 bridgehead atoms. The van der Waals surface area contributed by atoms with E-state index in [0.29, 0.717) is 7.11 Å². The standard InChI is InChI=1S/C12H9F7O4S/c1-23-10(20)12(19,24(21,22)3-2-11(16,17)18)6-4-7(13)9(15)8(14)5-6/h4-5H,2-3H2,1H3. The van der Waals surface area contributed by atoms with Gasteiger partial charge in [0.25, 0.3) is 0 Å². The summed E-state index contributed by atoms with van der Waals surface area (Å²) in [4.78, 5) is 11.5. The van der Waals surface area contributed by atoms with Crippen molar-refractivity contribution < 1.29 is 48.7 Å². The summed E-state index contributed by atoms with van der Waals surface area (Å²) in [6.07, 6.45) is -7.03. The van der Waals surface area contributed by atoms with Gasteiger partial charge in [-0.2, -0.15) is 13.2 Å². The normalized spacial score (nSPS) is 15.0. The second-order valence-corrected chi connectivity index (χ2v) is 6.73. The van der Waals surface area contributed by atoms with E-state index in [4.69, 9.17) is 0 Å². The molecule has 0 N–H and O–H groups in total. The van der Waals surface area contributed by atoms with Crippen molar-refractivity contribution in [3.8, 4) is 0 Å². The first-order valence-electron chi connectivity index (χ1n) is 5.97. The Morgan fingerprint density at radius 3 is 1.92 bits per heavy atom. The van der Waals surface area contributed by atoms with Crippen LogP contribution in [-0.4, -0.2) is 33.4 Å². The topological polar surface area (TPSA) is 60.4 Å². The van der Waals surface area contributed by atoms with Gasteiger partial charge in [0.05, 0.1) is 19.3 Å². The van der Waals surface area contributed by atoms with E-state index < -0.39 is 62.2 Å². The lowest BCUT2D eigenvalue weighted by Crippen LogP contribution is -2.42. The number of benzene rings is 1. The average molecular weight is 382 g/mol. The molecule has 0 fully saturated rings. The monoisotopic (exact) mass is 382 g/mol. The molecule has 1 unspecified atom stereocenters. The summed E-state index contributed by atoms with van der Waals surface area (Å²) in [6, 6.07) is -0.305. The Kier molecular flexibility index (Phi) is 5.53. The van der Waals surface area contributed by atoms with E-state index in [9.17, 15) is 43.9 Å². The number of methoxy groups -OCH3 is 1. The Hall–Kier alpha value is -1.85. The van der Waals surface area contributed by atoms with E-state index in [0.717, 1.165) is 0 Å². The summed E-state index contributed by atoms with van der Waals surface area (Å²) in [5, 5.41) is -4.34. The van der Waals surface area contributed by atoms with E-state index in [-0.39, 0.29) is 12.1 Å². The molecular formula is C12H9F7O4S. The second kappa shape index (κ2) is 6.57. The zero-order valence-corrected chi connectivity index (χ0v) is 12.6. The van der Waals surface area contributed by atoms with E-state index in [1.54, 1.807) is 0 Å². The minimum Gasteiger partial charge on any atom is -0.466 e. The van der Waals surface area contributed by atoms with E-state index >= 15 is 0 Å². The number of hydrogen-bond donors (Lipinski definition) is 0. The van der Waals surface area contributed by atoms with Crippen molar-refractivity contribution in [3.63, 3.8) is 0 Å². The van der Waals surface area contributed by atoms with Gasteiger partial charge in [0.2, 0.25) is 9.84 Å². The maximum absolute atomic E-state index is 14.9. The van der Waals surface area contributed by atoms with Gasteiger partial charge in [0.1, 0.15) is 0 Å². The molecule has 12 heteroatoms. The van der Waals surface area contributed by atoms with Crippen LogP contribution in [-0.2, 0) is 24.4 Å². The van der Waals surface area contributed by atoms with Crippen LogP contribution in [0.2, 0.25) is 0 Å². The fourth-order valence-corrected chi connectivity index (χ4v) is 3.28. The summed E-state index contributed by atoms with van der Waals surface area (Å²) in [5.41, 5.74) is -1.55. The second-order valence-electron chi connectivity index (χ2n) is 4.52. The maximum Gasteiger partial charge on any atom is 0.390 e. The minimum absolute atomic E-state index is 0.152. The molecule has 0 aliphatic heterocycles. The van der Waals surface area contributed by atoms with Crippen LogP contribution in [0.3, 0.4) is 0 Å². The molecule has 1 rings (SSSR count). The van der Waals surface area contributed by atoms with Gasteiger partial charge in [0.15, 0.2) is 17.5 Å². The number of esters is 1. The van der Waals surface area contributed by atoms with Crippen molar-refractivity contribution in [2.24, 2.45) is 0 Å². The zero-order valence-electron chi connectivity index (χ0n) is 11.8. The number of carbonyl (C=O) groups is 1. The summed E-state index contributed by atoms with van der Waals surface area (Å²) in [7, 11) is -5.08. The molecular weight excluding hydrogens is 373 g/mol. The molecule has 0 heterocycles. The van der Waals surface area contributed by atoms with Gasteiger partial charge in [-0.05, 0) is 12.1 Å². The van der Waals surface area contributed by atoms with Crippen molar-refractivity contribution in [1.29, 1.82) is 0 Å². The van der Waals surface area contributed by atoms with E-state index in [2.05, 4.69) is 4.74 Å². The van der Waals surface area contributed by atoms with Gasteiger partial charge < -0.3 is 4.74 Å². The Morgan fingerprint density at radius 2 is 1.54 bits per heavy atom. The predicted octanol–water partition coefficient (Wildman–Crippen LogP) is 2.77. The Morgan fingerprint density at radius 1 is 1.08 bits per heavy atom. The molecule has 136 valence electrons. The molecule has 0 saturated carbocycles. The molecule has 0 amide bonds. The highest BCUT2D eigenvalue weighted by atomic mass is 32.2. The van der Waals surface area contributed by atoms with Crippen molar-refractivity contribution in [1.82, 2.24) is 0 Å². The number of rotatable bonds is 5. The van der Waals surface area contributed by atoms with Gasteiger partial charge in [-0.15, -0.1) is 0 Å². The highest BCUT2D eigenvalue weighted by molar-refractivity contribution is 7.92. The molecule has 0 radical (unpaired) electrons. The summed E-state index contributed by atoms with van der Waals surface area (Å²) < 4.78 is 118. The highest BCUT2D eigenvalue weighted by Crippen LogP contribution is 2.37. The Bertz CT molecular complexity index is 721. The largest absolute Gasteiger partial charge is 0.466 e. The van der Waals surface area contributed by atoms with Crippen LogP contribution in [0.25, 0.3) is 0 Å². The maximum atomic E-state index is 14.9. The Balaban J connectivity index is 3.53. The molecule has 0 saturated heterocycles. The van der Waals surface area contributed by atoms with Gasteiger partial charge in [0, 0.05) is 5.56 Å². The highest BCUT2D eigenvalue weighted by Gasteiger charge is 2.55. The van der Waals surface area contributed by atoms with Crippen molar-refractivity contribution in [3.05, 3.63) is 35.1 Å². The SMILES string of the molecule is COC(=O)C(F)(c1cc(F)c(F)c(F)c1)S(=O)(=O)CCC(F)(F)F. The first kappa shape index (κ1) is 20.2. The van der Waals surface area contributed by atoms with Crippen LogP contribution < -0.4 is 0 Å². The quantitative estimate of drug-likeness (QED) is 0.447. The van der Waals surface area contributed by atoms with Crippen LogP contribution in [0.5, 0.6) is 0 Å². The van der Waals surface area contributed by atoms with Crippen LogP contribution in [0.1, 0.15) is 12.0 Å². The summed E-state index contributed by atoms with van der Waals surface area (Å²) in [5.74, 6) is -10.3. The van der Waals surface area contributed by atoms with Crippen molar-refractivity contribution in [2.45, 2.75) is 17.6 Å². The molecule has 0 aromatic heterocycles. The Labute approximate surface area is 131 Å². The number of ether oxygens (including phenoxy) is 1. The lowest BCUT2D eigenvalue weighted by molar-refractivity contribution is -0.149. The fourth-order valence-electron chi connectivity index (χ4n) is 1.69. The molecule has 1 atom stereocenters. The molecule has 1 aromatic rings. The number of carbonyl (C=O) groups excluding carboxylic acids is 1. The molecule has 0 aliphatic carbocycles. The van der Waals surface area contributed by atoms with E-state index in [1.807, 2.05) is 0 Å². The minimum atomic E-state index is -5.58. The number of hydrogen-bond acceptors (Lipinski definition) is 4. The van der Waals surface area contributed by atoms with Gasteiger partial charge in [-0.3, -0.25) is 0 Å². The molecule has 4 nitrogen and oxygen atoms in total. The third-order valence-electron chi connectivity index (χ3n) is 2.89. The van der Waals surface area contributed by atoms with E-state index in [1.165, 1.54) is 0 Å². The number of sulfone groups is 1. The van der Waals surface area contributed by atoms with Crippen molar-refractivity contribution >= 4 is 15.8 Å². The van der Waals surface area contributed by atoms with Gasteiger partial charge in [-0.1, -0.05) is 0 Å². The molecule has 1 aromatic carbocycles. The van der Waals surface area contributed by atoms with Crippen LogP contribution in [0, 0.1) is 17.5 Å². The lowest BCUT2D eigenvalue weighted by Gasteiger charge is -2.23. The zero-order chi connectivity index (χ0) is 18.9. The smallest absolute Gasteiger partial charge is 0.390 e. The fraction of sp³-hybridized carbons (Fsp3) is 0.417. The van der Waals surface area contributed by atoms with Crippen molar-refractivity contribution in [2.75, 3.05) is 12.9 Å². The molecule has 24 heavy (non-hydrogen) atoms. The first-order valence-corrected chi connectivity index (χ1v) is 7.63. The number of halogens is 7. The molecule has 0 aliphatic rings. The van der Waals surface area contributed by atoms with Gasteiger partial charge in [-0.25, -0.2) is 30.8 Å². The predicted molar refractivity (Wildman–Crippen MR) is 65.6 cm³/mol. The number of alkyl halides is 4. The lowest BCUT2D eigenvalue weighted by atomic mass is 10.1.